The van der Waals surface area contributed by atoms with E-state index in [0.29, 0.717) is 13.1 Å². The number of amidine groups is 1. The summed E-state index contributed by atoms with van der Waals surface area (Å²) in [5, 5.41) is 16.1. The summed E-state index contributed by atoms with van der Waals surface area (Å²) in [6.45, 7) is 2.31. The van der Waals surface area contributed by atoms with E-state index in [9.17, 15) is 13.6 Å². The molecule has 2 rings (SSSR count). The fraction of sp³-hybridized carbons (Fsp3) is 0.400. The molecule has 1 heterocycles. The van der Waals surface area contributed by atoms with Gasteiger partial charge in [-0.15, -0.1) is 0 Å². The van der Waals surface area contributed by atoms with E-state index in [-0.39, 0.29) is 22.8 Å². The smallest absolute Gasteiger partial charge is 0.349 e. The molecule has 0 saturated heterocycles. The minimum Gasteiger partial charge on any atom is -0.477 e. The first-order valence-electron chi connectivity index (χ1n) is 7.23. The molecule has 6 nitrogen and oxygen atoms in total. The Labute approximate surface area is 142 Å². The minimum atomic E-state index is -1.36. The average molecular weight is 359 g/mol. The average Bonchev–Trinajstić information content (AvgIpc) is 2.52. The van der Waals surface area contributed by atoms with Crippen LogP contribution in [0.25, 0.3) is 0 Å². The molecule has 0 spiro atoms. The molecule has 9 heteroatoms. The van der Waals surface area contributed by atoms with Crippen molar-refractivity contribution in [2.24, 2.45) is 10.7 Å². The number of nitrogens with zero attached hydrogens (tertiary/aromatic N) is 2. The fourth-order valence-electron chi connectivity index (χ4n) is 2.78. The number of carbonyl (C=O) groups is 1. The van der Waals surface area contributed by atoms with E-state index in [0.717, 1.165) is 12.1 Å². The van der Waals surface area contributed by atoms with Crippen molar-refractivity contribution in [2.45, 2.75) is 25.4 Å². The highest BCUT2D eigenvalue weighted by atomic mass is 35.5. The van der Waals surface area contributed by atoms with Crippen molar-refractivity contribution in [3.8, 4) is 0 Å². The molecule has 130 valence electrons. The Hall–Kier alpha value is -2.06. The highest BCUT2D eigenvalue weighted by molar-refractivity contribution is 6.34. The van der Waals surface area contributed by atoms with Crippen molar-refractivity contribution in [1.29, 1.82) is 5.41 Å². The highest BCUT2D eigenvalue weighted by Crippen LogP contribution is 2.34. The van der Waals surface area contributed by atoms with Gasteiger partial charge in [0.15, 0.2) is 0 Å². The number of carboxylic acids is 1. The van der Waals surface area contributed by atoms with Gasteiger partial charge < -0.3 is 10.8 Å². The molecule has 0 aliphatic carbocycles. The second-order valence-electron chi connectivity index (χ2n) is 5.48. The number of hydrogen-bond donors (Lipinski definition) is 3. The third-order valence-electron chi connectivity index (χ3n) is 4.04. The van der Waals surface area contributed by atoms with Crippen LogP contribution in [0.5, 0.6) is 0 Å². The molecular weight excluding hydrogens is 342 g/mol. The van der Waals surface area contributed by atoms with Crippen LogP contribution in [0.15, 0.2) is 17.1 Å². The maximum Gasteiger partial charge on any atom is 0.349 e. The summed E-state index contributed by atoms with van der Waals surface area (Å²) in [5.74, 6) is -2.61. The zero-order valence-electron chi connectivity index (χ0n) is 12.9. The van der Waals surface area contributed by atoms with Crippen LogP contribution >= 0.6 is 11.6 Å². The van der Waals surface area contributed by atoms with Gasteiger partial charge in [-0.05, 0) is 19.1 Å². The Kier molecular flexibility index (Phi) is 5.51. The van der Waals surface area contributed by atoms with E-state index in [1.807, 2.05) is 0 Å². The quantitative estimate of drug-likeness (QED) is 0.554. The van der Waals surface area contributed by atoms with Crippen LogP contribution in [-0.2, 0) is 4.79 Å². The normalized spacial score (nSPS) is 19.7. The van der Waals surface area contributed by atoms with Crippen molar-refractivity contribution in [1.82, 2.24) is 4.90 Å². The van der Waals surface area contributed by atoms with Crippen molar-refractivity contribution < 1.29 is 18.7 Å². The van der Waals surface area contributed by atoms with Gasteiger partial charge in [0, 0.05) is 24.6 Å². The number of carboxylic acid groups (broad SMARTS) is 1. The Balaban J connectivity index is 2.38. The zero-order valence-corrected chi connectivity index (χ0v) is 13.6. The standard InChI is InChI=1S/C15H17ClF2N4O2/c1-7(12-8(17)2-3-9(18)13(12)16)22-5-4-21-14(20)11(22)6-10(19)15(23)24/h2-3,7,11,19H,4-6H2,1H3,(H2,20,21)(H,23,24). The molecule has 0 radical (unpaired) electrons. The number of aliphatic carboxylic acids is 1. The summed E-state index contributed by atoms with van der Waals surface area (Å²) in [5.41, 5.74) is 5.29. The molecule has 0 amide bonds. The number of benzene rings is 1. The molecular formula is C15H17ClF2N4O2. The summed E-state index contributed by atoms with van der Waals surface area (Å²) in [7, 11) is 0. The molecule has 2 unspecified atom stereocenters. The van der Waals surface area contributed by atoms with Gasteiger partial charge in [-0.25, -0.2) is 13.6 Å². The first-order valence-corrected chi connectivity index (χ1v) is 7.61. The largest absolute Gasteiger partial charge is 0.477 e. The fourth-order valence-corrected chi connectivity index (χ4v) is 3.09. The predicted molar refractivity (Wildman–Crippen MR) is 86.7 cm³/mol. The molecule has 1 aliphatic rings. The SMILES string of the molecule is CC(c1c(F)ccc(F)c1Cl)N1CCN=C(N)C1CC(=N)C(=O)O. The van der Waals surface area contributed by atoms with Gasteiger partial charge >= 0.3 is 5.97 Å². The highest BCUT2D eigenvalue weighted by Gasteiger charge is 2.34. The number of nitrogens with one attached hydrogen (secondary N) is 1. The zero-order chi connectivity index (χ0) is 18.0. The summed E-state index contributed by atoms with van der Waals surface area (Å²) in [6.07, 6.45) is -0.191. The number of halogens is 3. The minimum absolute atomic E-state index is 0.0294. The lowest BCUT2D eigenvalue weighted by atomic mass is 9.99. The van der Waals surface area contributed by atoms with E-state index in [4.69, 9.17) is 27.9 Å². The van der Waals surface area contributed by atoms with Gasteiger partial charge in [-0.1, -0.05) is 11.6 Å². The summed E-state index contributed by atoms with van der Waals surface area (Å²) in [6, 6.07) is 0.560. The van der Waals surface area contributed by atoms with Gasteiger partial charge in [-0.2, -0.15) is 0 Å². The molecule has 0 bridgehead atoms. The Morgan fingerprint density at radius 3 is 2.79 bits per heavy atom. The lowest BCUT2D eigenvalue weighted by Gasteiger charge is -2.38. The number of aliphatic imine (C=N–C) groups is 1. The van der Waals surface area contributed by atoms with Gasteiger partial charge in [-0.3, -0.25) is 15.3 Å². The van der Waals surface area contributed by atoms with Crippen LogP contribution in [0.3, 0.4) is 0 Å². The first kappa shape index (κ1) is 18.3. The Bertz CT molecular complexity index is 711. The third-order valence-corrected chi connectivity index (χ3v) is 4.43. The Morgan fingerprint density at radius 2 is 2.17 bits per heavy atom. The maximum absolute atomic E-state index is 14.2. The molecule has 2 atom stereocenters. The monoisotopic (exact) mass is 358 g/mol. The van der Waals surface area contributed by atoms with Gasteiger partial charge in [0.2, 0.25) is 0 Å². The van der Waals surface area contributed by atoms with E-state index >= 15 is 0 Å². The van der Waals surface area contributed by atoms with Crippen LogP contribution < -0.4 is 5.73 Å². The van der Waals surface area contributed by atoms with Crippen LogP contribution in [0, 0.1) is 17.0 Å². The number of nitrogens with two attached hydrogens (primary N) is 1. The number of rotatable bonds is 5. The van der Waals surface area contributed by atoms with Gasteiger partial charge in [0.25, 0.3) is 0 Å². The van der Waals surface area contributed by atoms with E-state index in [1.165, 1.54) is 0 Å². The van der Waals surface area contributed by atoms with E-state index in [2.05, 4.69) is 4.99 Å². The molecule has 0 saturated carbocycles. The molecule has 1 aromatic carbocycles. The number of hydrogen-bond acceptors (Lipinski definition) is 5. The van der Waals surface area contributed by atoms with Crippen LogP contribution in [0.2, 0.25) is 5.02 Å². The summed E-state index contributed by atoms with van der Waals surface area (Å²) < 4.78 is 27.9. The second-order valence-corrected chi connectivity index (χ2v) is 5.86. The van der Waals surface area contributed by atoms with Crippen molar-refractivity contribution in [2.75, 3.05) is 13.1 Å². The topological polar surface area (TPSA) is 103 Å². The van der Waals surface area contributed by atoms with Crippen molar-refractivity contribution in [3.63, 3.8) is 0 Å². The van der Waals surface area contributed by atoms with Gasteiger partial charge in [0.05, 0.1) is 17.6 Å². The molecule has 24 heavy (non-hydrogen) atoms. The molecule has 1 aliphatic heterocycles. The third kappa shape index (κ3) is 3.54. The van der Waals surface area contributed by atoms with Crippen LogP contribution in [0.1, 0.15) is 24.9 Å². The Morgan fingerprint density at radius 1 is 1.54 bits per heavy atom. The second kappa shape index (κ2) is 7.23. The molecule has 0 aromatic heterocycles. The lowest BCUT2D eigenvalue weighted by molar-refractivity contribution is -0.129. The van der Waals surface area contributed by atoms with E-state index < -0.39 is 35.4 Å². The van der Waals surface area contributed by atoms with Crippen LogP contribution in [0.4, 0.5) is 8.78 Å². The summed E-state index contributed by atoms with van der Waals surface area (Å²) >= 11 is 5.91. The summed E-state index contributed by atoms with van der Waals surface area (Å²) in [4.78, 5) is 16.7. The molecule has 1 aromatic rings. The van der Waals surface area contributed by atoms with E-state index in [1.54, 1.807) is 11.8 Å². The van der Waals surface area contributed by atoms with Crippen molar-refractivity contribution >= 4 is 29.1 Å². The molecule has 4 N–H and O–H groups in total. The van der Waals surface area contributed by atoms with Gasteiger partial charge in [0.1, 0.15) is 23.2 Å². The van der Waals surface area contributed by atoms with Crippen molar-refractivity contribution in [3.05, 3.63) is 34.4 Å². The predicted octanol–water partition coefficient (Wildman–Crippen LogP) is 2.22. The first-order chi connectivity index (χ1) is 11.2. The maximum atomic E-state index is 14.2. The lowest BCUT2D eigenvalue weighted by Crippen LogP contribution is -2.51. The molecule has 0 fully saturated rings. The van der Waals surface area contributed by atoms with Crippen LogP contribution in [-0.4, -0.2) is 46.7 Å².